The van der Waals surface area contributed by atoms with Gasteiger partial charge < -0.3 is 25.5 Å². The number of anilines is 1. The third-order valence-electron chi connectivity index (χ3n) is 6.50. The fourth-order valence-corrected chi connectivity index (χ4v) is 4.70. The lowest BCUT2D eigenvalue weighted by molar-refractivity contribution is -0.121. The van der Waals surface area contributed by atoms with Gasteiger partial charge in [0.15, 0.2) is 0 Å². The minimum Gasteiger partial charge on any atom is -0.496 e. The molecule has 4 rings (SSSR count). The molecule has 0 aliphatic heterocycles. The van der Waals surface area contributed by atoms with Gasteiger partial charge in [-0.05, 0) is 56.4 Å². The summed E-state index contributed by atoms with van der Waals surface area (Å²) in [6.07, 6.45) is 2.69. The number of para-hydroxylation sites is 1. The van der Waals surface area contributed by atoms with Crippen molar-refractivity contribution in [2.24, 2.45) is 5.92 Å². The summed E-state index contributed by atoms with van der Waals surface area (Å²) < 4.78 is 7.04. The van der Waals surface area contributed by atoms with Crippen molar-refractivity contribution in [3.8, 4) is 5.75 Å². The summed E-state index contributed by atoms with van der Waals surface area (Å²) in [7, 11) is 1.60. The number of carbonyl (C=O) groups excluding carboxylic acids is 2. The number of H-pyrrole nitrogens is 1. The van der Waals surface area contributed by atoms with Gasteiger partial charge in [-0.2, -0.15) is 0 Å². The lowest BCUT2D eigenvalue weighted by Gasteiger charge is -2.28. The molecule has 0 bridgehead atoms. The highest BCUT2D eigenvalue weighted by Gasteiger charge is 2.29. The van der Waals surface area contributed by atoms with Gasteiger partial charge in [-0.15, -0.1) is 0 Å². The summed E-state index contributed by atoms with van der Waals surface area (Å²) in [5.74, 6) is 0.216. The molecule has 0 spiro atoms. The summed E-state index contributed by atoms with van der Waals surface area (Å²) in [5.41, 5.74) is 2.95. The van der Waals surface area contributed by atoms with Crippen molar-refractivity contribution in [3.63, 3.8) is 0 Å². The second-order valence-corrected chi connectivity index (χ2v) is 8.66. The quantitative estimate of drug-likeness (QED) is 0.426. The van der Waals surface area contributed by atoms with Crippen molar-refractivity contribution in [2.45, 2.75) is 38.6 Å². The average Bonchev–Trinajstić information content (AvgIpc) is 3.19. The average molecular weight is 467 g/mol. The van der Waals surface area contributed by atoms with E-state index < -0.39 is 0 Å². The first kappa shape index (κ1) is 23.6. The molecule has 1 saturated carbocycles. The van der Waals surface area contributed by atoms with Crippen LogP contribution in [0.3, 0.4) is 0 Å². The zero-order chi connectivity index (χ0) is 24.2. The van der Waals surface area contributed by atoms with Gasteiger partial charge >= 0.3 is 5.69 Å². The molecule has 1 aliphatic carbocycles. The number of nitrogens with zero attached hydrogens (tertiary/aromatic N) is 1. The van der Waals surface area contributed by atoms with Gasteiger partial charge in [-0.3, -0.25) is 14.2 Å². The van der Waals surface area contributed by atoms with Crippen LogP contribution < -0.4 is 21.1 Å². The number of carbonyl (C=O) groups is 2. The molecule has 2 amide bonds. The number of aromatic amines is 1. The molecule has 1 fully saturated rings. The van der Waals surface area contributed by atoms with E-state index in [1.54, 1.807) is 23.8 Å². The number of aliphatic hydroxyl groups excluding tert-OH is 1. The molecular weight excluding hydrogens is 436 g/mol. The number of rotatable bonds is 7. The van der Waals surface area contributed by atoms with E-state index in [2.05, 4.69) is 15.6 Å². The summed E-state index contributed by atoms with van der Waals surface area (Å²) in [4.78, 5) is 40.9. The monoisotopic (exact) mass is 466 g/mol. The van der Waals surface area contributed by atoms with Crippen LogP contribution >= 0.6 is 0 Å². The van der Waals surface area contributed by atoms with E-state index >= 15 is 0 Å². The van der Waals surface area contributed by atoms with Gasteiger partial charge in [0.25, 0.3) is 5.91 Å². The Morgan fingerprint density at radius 1 is 1.18 bits per heavy atom. The third kappa shape index (κ3) is 4.70. The molecular formula is C25H30N4O5. The van der Waals surface area contributed by atoms with E-state index in [1.165, 1.54) is 0 Å². The lowest BCUT2D eigenvalue weighted by Crippen LogP contribution is -2.31. The SMILES string of the molecule is COc1cc(NC(=O)[C@H]2CC[C@@H](n3c(=O)[nH]c4c(C(=O)NCCO)cccc43)CC2)ccc1C. The van der Waals surface area contributed by atoms with E-state index in [0.29, 0.717) is 48.0 Å². The van der Waals surface area contributed by atoms with E-state index in [9.17, 15) is 14.4 Å². The van der Waals surface area contributed by atoms with Crippen LogP contribution in [0.15, 0.2) is 41.2 Å². The minimum absolute atomic E-state index is 0.0292. The molecule has 0 atom stereocenters. The van der Waals surface area contributed by atoms with Crippen molar-refractivity contribution in [1.82, 2.24) is 14.9 Å². The Bertz CT molecular complexity index is 1250. The van der Waals surface area contributed by atoms with Gasteiger partial charge in [0.2, 0.25) is 5.91 Å². The zero-order valence-corrected chi connectivity index (χ0v) is 19.4. The smallest absolute Gasteiger partial charge is 0.326 e. The highest BCUT2D eigenvalue weighted by molar-refractivity contribution is 6.04. The fraction of sp³-hybridized carbons (Fsp3) is 0.400. The molecule has 0 saturated heterocycles. The summed E-state index contributed by atoms with van der Waals surface area (Å²) in [5, 5.41) is 14.6. The number of hydrogen-bond acceptors (Lipinski definition) is 5. The first-order chi connectivity index (χ1) is 16.4. The van der Waals surface area contributed by atoms with Crippen LogP contribution in [0.2, 0.25) is 0 Å². The third-order valence-corrected chi connectivity index (χ3v) is 6.50. The number of methoxy groups -OCH3 is 1. The molecule has 9 nitrogen and oxygen atoms in total. The summed E-state index contributed by atoms with van der Waals surface area (Å²) >= 11 is 0. The van der Waals surface area contributed by atoms with Crippen LogP contribution in [0.4, 0.5) is 5.69 Å². The normalized spacial score (nSPS) is 18.0. The minimum atomic E-state index is -0.346. The van der Waals surface area contributed by atoms with Gasteiger partial charge in [0.05, 0.1) is 30.3 Å². The number of aliphatic hydroxyl groups is 1. The number of hydrogen-bond donors (Lipinski definition) is 4. The molecule has 2 aromatic carbocycles. The van der Waals surface area contributed by atoms with Crippen molar-refractivity contribution >= 4 is 28.5 Å². The Labute approximate surface area is 197 Å². The fourth-order valence-electron chi connectivity index (χ4n) is 4.70. The molecule has 3 aromatic rings. The number of fused-ring (bicyclic) bond motifs is 1. The van der Waals surface area contributed by atoms with Crippen molar-refractivity contribution < 1.29 is 19.4 Å². The number of ether oxygens (including phenoxy) is 1. The Morgan fingerprint density at radius 2 is 1.94 bits per heavy atom. The number of aryl methyl sites for hydroxylation is 1. The highest BCUT2D eigenvalue weighted by atomic mass is 16.5. The number of amides is 2. The van der Waals surface area contributed by atoms with Crippen LogP contribution in [-0.4, -0.2) is 46.7 Å². The first-order valence-corrected chi connectivity index (χ1v) is 11.5. The molecule has 1 aliphatic rings. The van der Waals surface area contributed by atoms with E-state index in [-0.39, 0.29) is 42.6 Å². The van der Waals surface area contributed by atoms with Crippen LogP contribution in [-0.2, 0) is 4.79 Å². The Morgan fingerprint density at radius 3 is 2.65 bits per heavy atom. The largest absolute Gasteiger partial charge is 0.496 e. The van der Waals surface area contributed by atoms with Crippen molar-refractivity contribution in [1.29, 1.82) is 0 Å². The number of imidazole rings is 1. The number of aromatic nitrogens is 2. The standard InChI is InChI=1S/C25H30N4O5/c1-15-6-9-17(14-21(15)34-2)27-23(31)16-7-10-18(11-8-16)29-20-5-3-4-19(22(20)28-25(29)33)24(32)26-12-13-30/h3-6,9,14,16,18,30H,7-8,10-13H2,1-2H3,(H,26,32)(H,27,31)(H,28,33)/t16-,18+. The molecule has 180 valence electrons. The molecule has 4 N–H and O–H groups in total. The maximum atomic E-state index is 12.8. The zero-order valence-electron chi connectivity index (χ0n) is 19.4. The number of nitrogens with one attached hydrogen (secondary N) is 3. The molecule has 1 aromatic heterocycles. The molecule has 1 heterocycles. The first-order valence-electron chi connectivity index (χ1n) is 11.5. The maximum Gasteiger partial charge on any atom is 0.326 e. The predicted molar refractivity (Wildman–Crippen MR) is 129 cm³/mol. The highest BCUT2D eigenvalue weighted by Crippen LogP contribution is 2.34. The molecule has 34 heavy (non-hydrogen) atoms. The van der Waals surface area contributed by atoms with Gasteiger partial charge in [-0.1, -0.05) is 12.1 Å². The molecule has 0 unspecified atom stereocenters. The Kier molecular flexibility index (Phi) is 7.02. The Balaban J connectivity index is 1.46. The Hall–Kier alpha value is -3.59. The number of benzene rings is 2. The lowest BCUT2D eigenvalue weighted by atomic mass is 9.85. The molecule has 0 radical (unpaired) electrons. The maximum absolute atomic E-state index is 12.8. The topological polar surface area (TPSA) is 125 Å². The van der Waals surface area contributed by atoms with Gasteiger partial charge in [0, 0.05) is 30.3 Å². The predicted octanol–water partition coefficient (Wildman–Crippen LogP) is 2.74. The van der Waals surface area contributed by atoms with Gasteiger partial charge in [0.1, 0.15) is 5.75 Å². The van der Waals surface area contributed by atoms with E-state index in [4.69, 9.17) is 9.84 Å². The second-order valence-electron chi connectivity index (χ2n) is 8.66. The van der Waals surface area contributed by atoms with Crippen molar-refractivity contribution in [3.05, 3.63) is 58.0 Å². The van der Waals surface area contributed by atoms with Crippen molar-refractivity contribution in [2.75, 3.05) is 25.6 Å². The van der Waals surface area contributed by atoms with Crippen LogP contribution in [0.5, 0.6) is 5.75 Å². The van der Waals surface area contributed by atoms with Crippen LogP contribution in [0.25, 0.3) is 11.0 Å². The van der Waals surface area contributed by atoms with Crippen LogP contribution in [0.1, 0.15) is 47.6 Å². The van der Waals surface area contributed by atoms with Crippen LogP contribution in [0, 0.1) is 12.8 Å². The second kappa shape index (κ2) is 10.1. The summed E-state index contributed by atoms with van der Waals surface area (Å²) in [6.45, 7) is 1.93. The molecule has 9 heteroatoms. The van der Waals surface area contributed by atoms with E-state index in [0.717, 1.165) is 11.3 Å². The van der Waals surface area contributed by atoms with Gasteiger partial charge in [-0.25, -0.2) is 4.79 Å². The summed E-state index contributed by atoms with van der Waals surface area (Å²) in [6, 6.07) is 10.7. The van der Waals surface area contributed by atoms with E-state index in [1.807, 2.05) is 31.2 Å².